The first-order valence-corrected chi connectivity index (χ1v) is 28.5. The number of nitrogens with zero attached hydrogens (tertiary/aromatic N) is 1. The maximum Gasteiger partial charge on any atom is 0.409 e. The van der Waals surface area contributed by atoms with Crippen molar-refractivity contribution in [1.29, 1.82) is 0 Å². The van der Waals surface area contributed by atoms with Crippen LogP contribution in [0.3, 0.4) is 0 Å². The van der Waals surface area contributed by atoms with Gasteiger partial charge in [-0.2, -0.15) is 0 Å². The van der Waals surface area contributed by atoms with Crippen molar-refractivity contribution in [3.8, 4) is 0 Å². The summed E-state index contributed by atoms with van der Waals surface area (Å²) >= 11 is 0. The van der Waals surface area contributed by atoms with Crippen LogP contribution in [0, 0.1) is 0 Å². The van der Waals surface area contributed by atoms with Crippen LogP contribution in [-0.4, -0.2) is 118 Å². The first-order valence-electron chi connectivity index (χ1n) is 28.5. The molecule has 0 spiro atoms. The Kier molecular flexibility index (Phi) is 42.1. The smallest absolute Gasteiger partial charge is 0.409 e. The maximum absolute atomic E-state index is 13.2. The van der Waals surface area contributed by atoms with Crippen LogP contribution in [0.5, 0.6) is 0 Å². The number of amides is 2. The van der Waals surface area contributed by atoms with Crippen molar-refractivity contribution in [2.45, 2.75) is 314 Å². The summed E-state index contributed by atoms with van der Waals surface area (Å²) in [6.07, 6.45) is 34.2. The van der Waals surface area contributed by atoms with E-state index in [0.29, 0.717) is 25.9 Å². The third-order valence-corrected chi connectivity index (χ3v) is 14.0. The van der Waals surface area contributed by atoms with E-state index in [9.17, 15) is 35.1 Å². The highest BCUT2D eigenvalue weighted by Gasteiger charge is 2.45. The van der Waals surface area contributed by atoms with Crippen molar-refractivity contribution in [2.24, 2.45) is 0 Å². The van der Waals surface area contributed by atoms with Gasteiger partial charge in [-0.15, -0.1) is 0 Å². The Bertz CT molecular complexity index is 1120. The molecule has 0 saturated carbocycles. The lowest BCUT2D eigenvalue weighted by Gasteiger charge is -2.40. The highest BCUT2D eigenvalue weighted by atomic mass is 16.7. The van der Waals surface area contributed by atoms with Crippen molar-refractivity contribution >= 4 is 12.0 Å². The number of carbonyl (C=O) groups excluding carboxylic acids is 2. The summed E-state index contributed by atoms with van der Waals surface area (Å²) in [4.78, 5) is 27.1. The average molecular weight is 957 g/mol. The first kappa shape index (κ1) is 63.5. The fourth-order valence-electron chi connectivity index (χ4n) is 9.33. The zero-order valence-corrected chi connectivity index (χ0v) is 43.8. The average Bonchev–Trinajstić information content (AvgIpc) is 3.32. The Morgan fingerprint density at radius 1 is 0.522 bits per heavy atom. The van der Waals surface area contributed by atoms with E-state index in [1.165, 1.54) is 178 Å². The van der Waals surface area contributed by atoms with Crippen LogP contribution in [0.1, 0.15) is 265 Å². The number of hydrogen-bond donors (Lipinski definition) is 6. The van der Waals surface area contributed by atoms with Crippen LogP contribution < -0.4 is 5.32 Å². The number of aliphatic hydroxyl groups excluding tert-OH is 5. The van der Waals surface area contributed by atoms with Crippen LogP contribution in [0.4, 0.5) is 4.79 Å². The lowest BCUT2D eigenvalue weighted by Crippen LogP contribution is -2.60. The zero-order valence-electron chi connectivity index (χ0n) is 43.8. The lowest BCUT2D eigenvalue weighted by molar-refractivity contribution is -0.303. The molecule has 12 nitrogen and oxygen atoms in total. The highest BCUT2D eigenvalue weighted by Crippen LogP contribution is 2.24. The number of aliphatic hydroxyl groups is 5. The van der Waals surface area contributed by atoms with Crippen LogP contribution >= 0.6 is 0 Å². The molecule has 1 aliphatic rings. The summed E-state index contributed by atoms with van der Waals surface area (Å²) in [5, 5.41) is 57.3. The molecule has 2 amide bonds. The molecule has 67 heavy (non-hydrogen) atoms. The molecule has 0 aliphatic carbocycles. The van der Waals surface area contributed by atoms with Gasteiger partial charge in [-0.1, -0.05) is 232 Å². The molecule has 3 unspecified atom stereocenters. The van der Waals surface area contributed by atoms with Crippen molar-refractivity contribution < 1.29 is 49.3 Å². The molecule has 0 bridgehead atoms. The van der Waals surface area contributed by atoms with Gasteiger partial charge in [0.15, 0.2) is 6.29 Å². The van der Waals surface area contributed by atoms with E-state index in [-0.39, 0.29) is 25.5 Å². The summed E-state index contributed by atoms with van der Waals surface area (Å²) in [5.74, 6) is -0.268. The molecule has 1 aliphatic heterocycles. The summed E-state index contributed by atoms with van der Waals surface area (Å²) in [6.45, 7) is 8.27. The number of rotatable bonds is 47. The Labute approximate surface area is 410 Å². The first-order chi connectivity index (χ1) is 32.6. The Balaban J connectivity index is 2.46. The van der Waals surface area contributed by atoms with Gasteiger partial charge in [0.05, 0.1) is 18.8 Å². The van der Waals surface area contributed by atoms with Gasteiger partial charge in [-0.25, -0.2) is 4.79 Å². The molecule has 1 saturated heterocycles. The number of hydrogen-bond acceptors (Lipinski definition) is 10. The topological polar surface area (TPSA) is 178 Å². The Hall–Kier alpha value is -1.54. The fourth-order valence-corrected chi connectivity index (χ4v) is 9.33. The summed E-state index contributed by atoms with van der Waals surface area (Å²) in [7, 11) is 0. The second-order valence-corrected chi connectivity index (χ2v) is 20.0. The molecule has 8 atom stereocenters. The molecule has 12 heteroatoms. The van der Waals surface area contributed by atoms with Crippen LogP contribution in [-0.2, 0) is 19.0 Å². The SMILES string of the molecule is CCCCCCCCCCCCCCCCCCCCCCCCCC(=O)NC(CO[C@H]1O[C@H](COC(=O)N(CC)CC)[C@H](O)[C@H](O)[C@H]1O)C(O)C(O)CCCCCCCCCCCCCC. The molecule has 1 heterocycles. The molecule has 1 rings (SSSR count). The van der Waals surface area contributed by atoms with Gasteiger partial charge in [0.25, 0.3) is 0 Å². The van der Waals surface area contributed by atoms with Gasteiger partial charge in [0, 0.05) is 19.5 Å². The van der Waals surface area contributed by atoms with E-state index in [2.05, 4.69) is 19.2 Å². The lowest BCUT2D eigenvalue weighted by atomic mass is 9.98. The molecular formula is C55H108N2O10. The minimum Gasteiger partial charge on any atom is -0.447 e. The van der Waals surface area contributed by atoms with Crippen molar-refractivity contribution in [2.75, 3.05) is 26.3 Å². The standard InChI is InChI=1S/C55H108N2O10/c1-5-9-11-13-15-17-19-21-22-23-24-25-26-27-28-29-30-31-33-35-37-39-41-43-49(59)56-46(50(60)47(58)42-40-38-36-34-32-20-18-16-14-12-10-6-2)44-65-54-53(63)52(62)51(61)48(67-54)45-66-55(64)57(7-3)8-4/h46-48,50-54,58,60-63H,5-45H2,1-4H3,(H,56,59)/t46?,47?,48-,50?,51+,52+,53-,54+/m1/s1. The molecule has 1 fully saturated rings. The zero-order chi connectivity index (χ0) is 49.2. The monoisotopic (exact) mass is 957 g/mol. The van der Waals surface area contributed by atoms with Crippen LogP contribution in [0.2, 0.25) is 0 Å². The van der Waals surface area contributed by atoms with Crippen LogP contribution in [0.15, 0.2) is 0 Å². The summed E-state index contributed by atoms with van der Waals surface area (Å²) in [6, 6.07) is -1.02. The molecule has 0 aromatic rings. The van der Waals surface area contributed by atoms with Crippen molar-refractivity contribution in [3.63, 3.8) is 0 Å². The quantitative estimate of drug-likeness (QED) is 0.0322. The summed E-state index contributed by atoms with van der Waals surface area (Å²) in [5.41, 5.74) is 0. The van der Waals surface area contributed by atoms with E-state index in [1.807, 2.05) is 13.8 Å². The largest absolute Gasteiger partial charge is 0.447 e. The van der Waals surface area contributed by atoms with E-state index in [4.69, 9.17) is 14.2 Å². The van der Waals surface area contributed by atoms with E-state index >= 15 is 0 Å². The van der Waals surface area contributed by atoms with Gasteiger partial charge in [-0.3, -0.25) is 4.79 Å². The van der Waals surface area contributed by atoms with Gasteiger partial charge in [0.2, 0.25) is 5.91 Å². The van der Waals surface area contributed by atoms with Gasteiger partial charge in [0.1, 0.15) is 37.1 Å². The van der Waals surface area contributed by atoms with Crippen molar-refractivity contribution in [1.82, 2.24) is 10.2 Å². The molecule has 0 aromatic carbocycles. The van der Waals surface area contributed by atoms with E-state index < -0.39 is 55.0 Å². The normalized spacial score (nSPS) is 19.9. The molecule has 6 N–H and O–H groups in total. The highest BCUT2D eigenvalue weighted by molar-refractivity contribution is 5.76. The third kappa shape index (κ3) is 32.9. The molecule has 0 aromatic heterocycles. The van der Waals surface area contributed by atoms with Gasteiger partial charge in [-0.05, 0) is 26.7 Å². The minimum atomic E-state index is -1.66. The molecular weight excluding hydrogens is 849 g/mol. The van der Waals surface area contributed by atoms with Gasteiger partial charge >= 0.3 is 6.09 Å². The maximum atomic E-state index is 13.2. The minimum absolute atomic E-state index is 0.268. The van der Waals surface area contributed by atoms with Gasteiger partial charge < -0.3 is 50.0 Å². The number of nitrogens with one attached hydrogen (secondary N) is 1. The number of ether oxygens (including phenoxy) is 3. The second-order valence-electron chi connectivity index (χ2n) is 20.0. The second kappa shape index (κ2) is 44.4. The number of unbranched alkanes of at least 4 members (excludes halogenated alkanes) is 33. The third-order valence-electron chi connectivity index (χ3n) is 14.0. The molecule has 0 radical (unpaired) electrons. The van der Waals surface area contributed by atoms with E-state index in [0.717, 1.165) is 44.9 Å². The Morgan fingerprint density at radius 2 is 0.896 bits per heavy atom. The predicted molar refractivity (Wildman–Crippen MR) is 273 cm³/mol. The van der Waals surface area contributed by atoms with E-state index in [1.54, 1.807) is 0 Å². The molecule has 398 valence electrons. The number of carbonyl (C=O) groups is 2. The predicted octanol–water partition coefficient (Wildman–Crippen LogP) is 12.0. The van der Waals surface area contributed by atoms with Crippen molar-refractivity contribution in [3.05, 3.63) is 0 Å². The Morgan fingerprint density at radius 3 is 1.28 bits per heavy atom. The fraction of sp³-hybridized carbons (Fsp3) is 0.964. The summed E-state index contributed by atoms with van der Waals surface area (Å²) < 4.78 is 17.0. The van der Waals surface area contributed by atoms with Crippen LogP contribution in [0.25, 0.3) is 0 Å².